The van der Waals surface area contributed by atoms with Crippen LogP contribution in [0.5, 0.6) is 0 Å². The number of rotatable bonds is 4. The normalized spacial score (nSPS) is 26.1. The quantitative estimate of drug-likeness (QED) is 0.469. The lowest BCUT2D eigenvalue weighted by Gasteiger charge is -2.14. The number of fused-ring (bicyclic) bond motifs is 1. The minimum absolute atomic E-state index is 0.0352. The van der Waals surface area contributed by atoms with Gasteiger partial charge in [0.1, 0.15) is 5.41 Å². The van der Waals surface area contributed by atoms with Crippen molar-refractivity contribution in [2.24, 2.45) is 11.8 Å². The molecule has 0 saturated heterocycles. The van der Waals surface area contributed by atoms with E-state index in [1.165, 1.54) is 23.9 Å². The maximum Gasteiger partial charge on any atom is 0.320 e. The van der Waals surface area contributed by atoms with E-state index in [-0.39, 0.29) is 17.5 Å². The van der Waals surface area contributed by atoms with Crippen molar-refractivity contribution in [1.29, 1.82) is 0 Å². The maximum absolute atomic E-state index is 12.6. The van der Waals surface area contributed by atoms with Crippen LogP contribution in [0.3, 0.4) is 0 Å². The first-order valence-corrected chi connectivity index (χ1v) is 7.57. The first-order chi connectivity index (χ1) is 12.1. The highest BCUT2D eigenvalue weighted by Gasteiger charge is 2.72. The highest BCUT2D eigenvalue weighted by molar-refractivity contribution is 5.89. The molecule has 2 aromatic rings. The first kappa shape index (κ1) is 15.2. The fourth-order valence-electron chi connectivity index (χ4n) is 3.52. The van der Waals surface area contributed by atoms with Gasteiger partial charge in [-0.2, -0.15) is 4.68 Å². The molecule has 2 aliphatic carbocycles. The summed E-state index contributed by atoms with van der Waals surface area (Å²) >= 11 is 0. The Hall–Kier alpha value is -3.36. The fourth-order valence-corrected chi connectivity index (χ4v) is 3.52. The highest BCUT2D eigenvalue weighted by atomic mass is 16.6. The van der Waals surface area contributed by atoms with Crippen LogP contribution >= 0.6 is 0 Å². The number of benzene rings is 1. The molecule has 0 N–H and O–H groups in total. The fraction of sp³-hybridized carbons (Fsp3) is 0.250. The summed E-state index contributed by atoms with van der Waals surface area (Å²) in [5, 5.41) is 22.6. The summed E-state index contributed by atoms with van der Waals surface area (Å²) in [6, 6.07) is 5.82. The van der Waals surface area contributed by atoms with E-state index in [2.05, 4.69) is 15.5 Å². The molecule has 1 heterocycles. The summed E-state index contributed by atoms with van der Waals surface area (Å²) in [5.74, 6) is -0.198. The Labute approximate surface area is 141 Å². The molecule has 1 aromatic heterocycles. The average molecular weight is 339 g/mol. The van der Waals surface area contributed by atoms with Crippen LogP contribution in [0.4, 0.5) is 5.69 Å². The molecule has 0 radical (unpaired) electrons. The largest absolute Gasteiger partial charge is 0.468 e. The number of carbonyl (C=O) groups is 1. The number of carbonyl (C=O) groups excluding carboxylic acids is 1. The Morgan fingerprint density at radius 2 is 1.88 bits per heavy atom. The van der Waals surface area contributed by atoms with Gasteiger partial charge in [-0.05, 0) is 22.6 Å². The number of tetrazole rings is 1. The van der Waals surface area contributed by atoms with Gasteiger partial charge in [-0.25, -0.2) is 0 Å². The van der Waals surface area contributed by atoms with Crippen molar-refractivity contribution < 1.29 is 14.5 Å². The average Bonchev–Trinajstić information content (AvgIpc) is 3.06. The molecular formula is C16H13N5O4. The van der Waals surface area contributed by atoms with Gasteiger partial charge < -0.3 is 4.74 Å². The number of hydrogen-bond donors (Lipinski definition) is 0. The molecule has 9 nitrogen and oxygen atoms in total. The van der Waals surface area contributed by atoms with E-state index in [1.807, 2.05) is 24.3 Å². The molecule has 0 bridgehead atoms. The van der Waals surface area contributed by atoms with Crippen molar-refractivity contribution in [2.75, 3.05) is 7.11 Å². The molecular weight excluding hydrogens is 326 g/mol. The van der Waals surface area contributed by atoms with Crippen LogP contribution in [0.1, 0.15) is 5.82 Å². The molecule has 2 aliphatic rings. The molecule has 1 fully saturated rings. The molecule has 126 valence electrons. The smallest absolute Gasteiger partial charge is 0.320 e. The van der Waals surface area contributed by atoms with E-state index in [0.717, 1.165) is 0 Å². The Bertz CT molecular complexity index is 897. The van der Waals surface area contributed by atoms with E-state index < -0.39 is 16.3 Å². The van der Waals surface area contributed by atoms with Gasteiger partial charge in [-0.15, -0.1) is 5.10 Å². The molecule has 0 aliphatic heterocycles. The summed E-state index contributed by atoms with van der Waals surface area (Å²) in [6.45, 7) is 0. The van der Waals surface area contributed by atoms with Crippen molar-refractivity contribution in [3.63, 3.8) is 0 Å². The zero-order chi connectivity index (χ0) is 17.6. The number of ether oxygens (including phenoxy) is 1. The summed E-state index contributed by atoms with van der Waals surface area (Å²) in [7, 11) is 1.34. The summed E-state index contributed by atoms with van der Waals surface area (Å²) in [5.41, 5.74) is -0.485. The van der Waals surface area contributed by atoms with Crippen LogP contribution in [0.15, 0.2) is 48.6 Å². The molecule has 1 unspecified atom stereocenters. The second-order valence-electron chi connectivity index (χ2n) is 5.87. The van der Waals surface area contributed by atoms with E-state index in [1.54, 1.807) is 12.1 Å². The van der Waals surface area contributed by atoms with Crippen LogP contribution in [0.2, 0.25) is 0 Å². The van der Waals surface area contributed by atoms with Crippen LogP contribution in [0, 0.1) is 22.0 Å². The lowest BCUT2D eigenvalue weighted by atomic mass is 10.0. The van der Waals surface area contributed by atoms with Crippen LogP contribution in [0.25, 0.3) is 5.69 Å². The minimum Gasteiger partial charge on any atom is -0.468 e. The number of nitro benzene ring substituents is 1. The molecule has 0 amide bonds. The predicted molar refractivity (Wildman–Crippen MR) is 84.8 cm³/mol. The summed E-state index contributed by atoms with van der Waals surface area (Å²) in [4.78, 5) is 22.9. The third-order valence-corrected chi connectivity index (χ3v) is 4.75. The monoisotopic (exact) mass is 339 g/mol. The number of non-ortho nitro benzene ring substituents is 1. The number of nitro groups is 1. The van der Waals surface area contributed by atoms with E-state index in [4.69, 9.17) is 4.74 Å². The third-order valence-electron chi connectivity index (χ3n) is 4.75. The van der Waals surface area contributed by atoms with Gasteiger partial charge in [0.25, 0.3) is 5.69 Å². The van der Waals surface area contributed by atoms with E-state index in [9.17, 15) is 14.9 Å². The molecule has 3 atom stereocenters. The Morgan fingerprint density at radius 3 is 2.44 bits per heavy atom. The first-order valence-electron chi connectivity index (χ1n) is 7.57. The number of hydrogen-bond acceptors (Lipinski definition) is 7. The second-order valence-corrected chi connectivity index (χ2v) is 5.87. The lowest BCUT2D eigenvalue weighted by molar-refractivity contribution is -0.384. The van der Waals surface area contributed by atoms with Gasteiger partial charge in [0, 0.05) is 24.0 Å². The minimum atomic E-state index is -0.983. The van der Waals surface area contributed by atoms with Gasteiger partial charge in [-0.3, -0.25) is 14.9 Å². The molecule has 25 heavy (non-hydrogen) atoms. The lowest BCUT2D eigenvalue weighted by Crippen LogP contribution is -2.29. The molecule has 0 spiro atoms. The standard InChI is InChI=1S/C16H13N5O4/c1-25-15(22)16(12-4-2-3-5-13(12)16)14-17-18-19-20(14)10-6-8-11(9-7-10)21(23)24/h2-9,12-13H,1H3/t12-,13+,16?. The predicted octanol–water partition coefficient (Wildman–Crippen LogP) is 1.35. The van der Waals surface area contributed by atoms with Gasteiger partial charge in [0.15, 0.2) is 5.82 Å². The van der Waals surface area contributed by atoms with Gasteiger partial charge >= 0.3 is 5.97 Å². The highest BCUT2D eigenvalue weighted by Crippen LogP contribution is 2.62. The summed E-state index contributed by atoms with van der Waals surface area (Å²) < 4.78 is 6.46. The zero-order valence-corrected chi connectivity index (χ0v) is 13.1. The van der Waals surface area contributed by atoms with Crippen molar-refractivity contribution in [1.82, 2.24) is 20.2 Å². The number of esters is 1. The van der Waals surface area contributed by atoms with E-state index in [0.29, 0.717) is 11.5 Å². The van der Waals surface area contributed by atoms with Crippen molar-refractivity contribution in [2.45, 2.75) is 5.41 Å². The molecule has 1 saturated carbocycles. The zero-order valence-electron chi connectivity index (χ0n) is 13.1. The number of allylic oxidation sites excluding steroid dienone is 4. The molecule has 1 aromatic carbocycles. The molecule has 9 heteroatoms. The number of methoxy groups -OCH3 is 1. The molecule has 4 rings (SSSR count). The van der Waals surface area contributed by atoms with Gasteiger partial charge in [0.2, 0.25) is 0 Å². The second kappa shape index (κ2) is 5.33. The van der Waals surface area contributed by atoms with E-state index >= 15 is 0 Å². The van der Waals surface area contributed by atoms with Crippen molar-refractivity contribution in [3.8, 4) is 5.69 Å². The SMILES string of the molecule is COC(=O)C1(c2nnnn2-c2ccc([N+](=O)[O-])cc2)[C@@H]2C=CC=C[C@@H]21. The summed E-state index contributed by atoms with van der Waals surface area (Å²) in [6.07, 6.45) is 7.64. The van der Waals surface area contributed by atoms with Crippen LogP contribution < -0.4 is 0 Å². The topological polar surface area (TPSA) is 113 Å². The van der Waals surface area contributed by atoms with Gasteiger partial charge in [0.05, 0.1) is 17.7 Å². The number of nitrogens with zero attached hydrogens (tertiary/aromatic N) is 5. The third kappa shape index (κ3) is 2.02. The van der Waals surface area contributed by atoms with Crippen molar-refractivity contribution in [3.05, 3.63) is 64.5 Å². The van der Waals surface area contributed by atoms with Crippen molar-refractivity contribution >= 4 is 11.7 Å². The van der Waals surface area contributed by atoms with Crippen LogP contribution in [-0.2, 0) is 14.9 Å². The Balaban J connectivity index is 1.81. The Morgan fingerprint density at radius 1 is 1.24 bits per heavy atom. The van der Waals surface area contributed by atoms with Gasteiger partial charge in [-0.1, -0.05) is 24.3 Å². The maximum atomic E-state index is 12.6. The Kier molecular flexibility index (Phi) is 3.24. The van der Waals surface area contributed by atoms with Crippen LogP contribution in [-0.4, -0.2) is 38.2 Å². The number of aromatic nitrogens is 4.